The molecule has 0 aromatic rings. The number of nitrogens with two attached hydrogens (primary N) is 6. The van der Waals surface area contributed by atoms with Gasteiger partial charge in [0.25, 0.3) is 0 Å². The SMILES string of the molecule is NCC[C@H](O)C(=O)N[C@@H]1[C@@H](O)[C@H](N)[C@@H](C2O[C@H](CN)CC[C@H]2N)[C@H](O[C@@H]2OC(CO)[C@@H](O[C@H]3O[C@@H](CN)[C@@H](O)[C@H](O)[C@H]3N)[C@H]2O)[C@H]1O. The third kappa shape index (κ3) is 8.06. The van der Waals surface area contributed by atoms with Gasteiger partial charge in [0.05, 0.1) is 43.1 Å². The van der Waals surface area contributed by atoms with Crippen LogP contribution in [0.25, 0.3) is 0 Å². The quantitative estimate of drug-likeness (QED) is 0.0907. The maximum Gasteiger partial charge on any atom is 0.249 e. The second kappa shape index (κ2) is 16.6. The molecule has 19 atom stereocenters. The Labute approximate surface area is 271 Å². The van der Waals surface area contributed by atoms with E-state index < -0.39 is 128 Å². The van der Waals surface area contributed by atoms with E-state index in [0.717, 1.165) is 0 Å². The van der Waals surface area contributed by atoms with Gasteiger partial charge < -0.3 is 99.1 Å². The lowest BCUT2D eigenvalue weighted by molar-refractivity contribution is -0.281. The van der Waals surface area contributed by atoms with Gasteiger partial charge in [0.2, 0.25) is 5.91 Å². The second-order valence-electron chi connectivity index (χ2n) is 12.7. The molecular weight excluding hydrogens is 630 g/mol. The Morgan fingerprint density at radius 1 is 0.787 bits per heavy atom. The van der Waals surface area contributed by atoms with E-state index in [-0.39, 0.29) is 26.1 Å². The number of nitrogens with one attached hydrogen (secondary N) is 1. The average molecular weight is 684 g/mol. The summed E-state index contributed by atoms with van der Waals surface area (Å²) in [5.74, 6) is -1.97. The Hall–Kier alpha value is -1.25. The third-order valence-electron chi connectivity index (χ3n) is 9.61. The topological polar surface area (TPSA) is 373 Å². The van der Waals surface area contributed by atoms with Crippen LogP contribution < -0.4 is 39.7 Å². The van der Waals surface area contributed by atoms with E-state index in [0.29, 0.717) is 12.8 Å². The smallest absolute Gasteiger partial charge is 0.249 e. The number of carbonyl (C=O) groups is 1. The summed E-state index contributed by atoms with van der Waals surface area (Å²) >= 11 is 0. The fraction of sp³-hybridized carbons (Fsp3) is 0.963. The highest BCUT2D eigenvalue weighted by molar-refractivity contribution is 5.80. The maximum absolute atomic E-state index is 12.7. The van der Waals surface area contributed by atoms with Crippen molar-refractivity contribution in [2.45, 2.75) is 129 Å². The van der Waals surface area contributed by atoms with Gasteiger partial charge in [-0.05, 0) is 25.8 Å². The summed E-state index contributed by atoms with van der Waals surface area (Å²) in [6, 6.07) is -4.61. The molecule has 0 radical (unpaired) electrons. The molecule has 0 spiro atoms. The van der Waals surface area contributed by atoms with E-state index in [9.17, 15) is 40.5 Å². The number of carbonyl (C=O) groups excluding carboxylic acids is 1. The van der Waals surface area contributed by atoms with Crippen LogP contribution in [0.3, 0.4) is 0 Å². The number of hydrogen-bond acceptors (Lipinski definition) is 19. The summed E-state index contributed by atoms with van der Waals surface area (Å²) in [6.45, 7) is -0.722. The minimum absolute atomic E-state index is 0.00765. The van der Waals surface area contributed by atoms with Crippen molar-refractivity contribution in [1.29, 1.82) is 0 Å². The van der Waals surface area contributed by atoms with Gasteiger partial charge in [0.1, 0.15) is 48.8 Å². The molecule has 3 saturated heterocycles. The normalized spacial score (nSPS) is 48.3. The summed E-state index contributed by atoms with van der Waals surface area (Å²) in [7, 11) is 0. The van der Waals surface area contributed by atoms with Crippen LogP contribution in [-0.4, -0.2) is 178 Å². The molecule has 20 heteroatoms. The van der Waals surface area contributed by atoms with Crippen LogP contribution in [0.5, 0.6) is 0 Å². The van der Waals surface area contributed by atoms with Crippen LogP contribution in [-0.2, 0) is 28.5 Å². The highest BCUT2D eigenvalue weighted by Crippen LogP contribution is 2.38. The second-order valence-corrected chi connectivity index (χ2v) is 12.7. The molecule has 4 aliphatic rings. The van der Waals surface area contributed by atoms with Crippen molar-refractivity contribution in [3.05, 3.63) is 0 Å². The molecule has 274 valence electrons. The van der Waals surface area contributed by atoms with E-state index in [1.165, 1.54) is 0 Å². The van der Waals surface area contributed by atoms with E-state index in [1.54, 1.807) is 0 Å². The number of rotatable bonds is 12. The lowest BCUT2D eigenvalue weighted by Crippen LogP contribution is -2.73. The van der Waals surface area contributed by atoms with Crippen LogP contribution in [0, 0.1) is 5.92 Å². The van der Waals surface area contributed by atoms with E-state index >= 15 is 0 Å². The van der Waals surface area contributed by atoms with Gasteiger partial charge in [-0.15, -0.1) is 0 Å². The molecule has 0 aromatic heterocycles. The molecule has 2 unspecified atom stereocenters. The number of aliphatic hydroxyl groups is 7. The fourth-order valence-corrected chi connectivity index (χ4v) is 6.81. The first kappa shape index (κ1) is 38.6. The minimum atomic E-state index is -1.72. The molecule has 4 rings (SSSR count). The Kier molecular flexibility index (Phi) is 13.6. The van der Waals surface area contributed by atoms with E-state index in [4.69, 9.17) is 58.1 Å². The molecule has 47 heavy (non-hydrogen) atoms. The van der Waals surface area contributed by atoms with Gasteiger partial charge in [-0.25, -0.2) is 0 Å². The van der Waals surface area contributed by atoms with Gasteiger partial charge in [-0.3, -0.25) is 4.79 Å². The zero-order chi connectivity index (χ0) is 34.7. The Bertz CT molecular complexity index is 1010. The lowest BCUT2D eigenvalue weighted by Gasteiger charge is -2.52. The summed E-state index contributed by atoms with van der Waals surface area (Å²) < 4.78 is 29.6. The van der Waals surface area contributed by atoms with Gasteiger partial charge in [0.15, 0.2) is 12.6 Å². The van der Waals surface area contributed by atoms with Crippen LogP contribution in [0.2, 0.25) is 0 Å². The van der Waals surface area contributed by atoms with Crippen LogP contribution in [0.4, 0.5) is 0 Å². The predicted molar refractivity (Wildman–Crippen MR) is 159 cm³/mol. The summed E-state index contributed by atoms with van der Waals surface area (Å²) in [5.41, 5.74) is 35.9. The zero-order valence-corrected chi connectivity index (χ0v) is 26.0. The standard InChI is InChI=1S/C27H53N7O13/c28-4-3-10(36)25(42)34-16-18(38)14(32)13(22-9(31)2-1-8(5-29)43-22)24(20(16)40)47-27-21(41)23(12(7-35)45-27)46-26-15(33)19(39)17(37)11(6-30)44-26/h8-24,26-27,35-41H,1-7,28-33H2,(H,34,42)/t8-,9+,10-,11-,12?,13-,14+,15+,16+,17+,18-,19+,20-,21+,22?,23+,24-,26+,27-/m0/s1. The van der Waals surface area contributed by atoms with Crippen molar-refractivity contribution in [3.63, 3.8) is 0 Å². The first-order valence-corrected chi connectivity index (χ1v) is 15.9. The van der Waals surface area contributed by atoms with Crippen LogP contribution in [0.15, 0.2) is 0 Å². The van der Waals surface area contributed by atoms with Gasteiger partial charge in [-0.2, -0.15) is 0 Å². The average Bonchev–Trinajstić information content (AvgIpc) is 3.35. The Morgan fingerprint density at radius 3 is 2.06 bits per heavy atom. The monoisotopic (exact) mass is 683 g/mol. The lowest BCUT2D eigenvalue weighted by atomic mass is 9.70. The van der Waals surface area contributed by atoms with Gasteiger partial charge >= 0.3 is 0 Å². The Balaban J connectivity index is 1.60. The first-order valence-electron chi connectivity index (χ1n) is 15.9. The van der Waals surface area contributed by atoms with Crippen LogP contribution >= 0.6 is 0 Å². The van der Waals surface area contributed by atoms with Gasteiger partial charge in [0, 0.05) is 31.1 Å². The molecule has 1 amide bonds. The highest BCUT2D eigenvalue weighted by atomic mass is 16.7. The third-order valence-corrected chi connectivity index (χ3v) is 9.61. The minimum Gasteiger partial charge on any atom is -0.394 e. The maximum atomic E-state index is 12.7. The number of ether oxygens (including phenoxy) is 5. The van der Waals surface area contributed by atoms with E-state index in [2.05, 4.69) is 5.32 Å². The van der Waals surface area contributed by atoms with Crippen molar-refractivity contribution >= 4 is 5.91 Å². The number of aliphatic hydroxyl groups excluding tert-OH is 7. The molecule has 20 nitrogen and oxygen atoms in total. The molecule has 20 N–H and O–H groups in total. The van der Waals surface area contributed by atoms with Crippen molar-refractivity contribution < 1.29 is 64.2 Å². The number of hydrogen-bond donors (Lipinski definition) is 14. The molecule has 1 aliphatic carbocycles. The molecule has 4 fully saturated rings. The molecule has 3 heterocycles. The Morgan fingerprint density at radius 2 is 1.45 bits per heavy atom. The molecule has 3 aliphatic heterocycles. The zero-order valence-electron chi connectivity index (χ0n) is 26.0. The molecule has 1 saturated carbocycles. The largest absolute Gasteiger partial charge is 0.394 e. The summed E-state index contributed by atoms with van der Waals surface area (Å²) in [4.78, 5) is 12.7. The number of amides is 1. The predicted octanol–water partition coefficient (Wildman–Crippen LogP) is -8.73. The molecular formula is C27H53N7O13. The molecule has 0 aromatic carbocycles. The first-order chi connectivity index (χ1) is 22.3. The fourth-order valence-electron chi connectivity index (χ4n) is 6.81. The molecule has 0 bridgehead atoms. The van der Waals surface area contributed by atoms with E-state index in [1.807, 2.05) is 0 Å². The van der Waals surface area contributed by atoms with Crippen molar-refractivity contribution in [2.75, 3.05) is 26.2 Å². The van der Waals surface area contributed by atoms with Crippen molar-refractivity contribution in [1.82, 2.24) is 5.32 Å². The summed E-state index contributed by atoms with van der Waals surface area (Å²) in [6.07, 6.45) is -17.9. The van der Waals surface area contributed by atoms with Crippen molar-refractivity contribution in [2.24, 2.45) is 40.3 Å². The van der Waals surface area contributed by atoms with Gasteiger partial charge in [-0.1, -0.05) is 0 Å². The highest BCUT2D eigenvalue weighted by Gasteiger charge is 2.57. The van der Waals surface area contributed by atoms with Crippen LogP contribution in [0.1, 0.15) is 19.3 Å². The van der Waals surface area contributed by atoms with Crippen molar-refractivity contribution in [3.8, 4) is 0 Å². The summed E-state index contributed by atoms with van der Waals surface area (Å²) in [5, 5.41) is 77.4.